The van der Waals surface area contributed by atoms with Crippen LogP contribution in [0.2, 0.25) is 0 Å². The molecule has 58 valence electrons. The van der Waals surface area contributed by atoms with Gasteiger partial charge < -0.3 is 10.8 Å². The van der Waals surface area contributed by atoms with Crippen molar-refractivity contribution in [2.45, 2.75) is 0 Å². The Balaban J connectivity index is 3.57. The summed E-state index contributed by atoms with van der Waals surface area (Å²) in [6, 6.07) is 4.31. The molecule has 0 fully saturated rings. The summed E-state index contributed by atoms with van der Waals surface area (Å²) in [6.45, 7) is 0. The normalized spacial score (nSPS) is 9.55. The monoisotopic (exact) mass is 215 g/mol. The predicted octanol–water partition coefficient (Wildman–Crippen LogP) is 1.10. The van der Waals surface area contributed by atoms with Crippen LogP contribution < -0.4 is 11.2 Å². The van der Waals surface area contributed by atoms with Crippen LogP contribution in [0.3, 0.4) is 0 Å². The topological polar surface area (TPSA) is 63.3 Å². The zero-order valence-electron chi connectivity index (χ0n) is 5.54. The number of halogens is 1. The Hall–Kier alpha value is -1.03. The van der Waals surface area contributed by atoms with E-state index in [2.05, 4.69) is 15.9 Å². The maximum absolute atomic E-state index is 10.9. The molecule has 0 amide bonds. The molecule has 0 aliphatic rings. The highest BCUT2D eigenvalue weighted by atomic mass is 79.9. The van der Waals surface area contributed by atoms with E-state index in [-0.39, 0.29) is 5.69 Å². The fourth-order valence-electron chi connectivity index (χ4n) is 0.632. The van der Waals surface area contributed by atoms with Crippen LogP contribution in [-0.4, -0.2) is 5.11 Å². The van der Waals surface area contributed by atoms with Crippen molar-refractivity contribution in [3.8, 4) is 5.75 Å². The Labute approximate surface area is 71.6 Å². The van der Waals surface area contributed by atoms with E-state index in [1.54, 1.807) is 6.07 Å². The summed E-state index contributed by atoms with van der Waals surface area (Å²) in [5.74, 6) is -0.407. The molecule has 4 heteroatoms. The molecule has 0 bridgehead atoms. The van der Waals surface area contributed by atoms with Gasteiger partial charge in [-0.25, -0.2) is 0 Å². The van der Waals surface area contributed by atoms with Crippen LogP contribution in [0.4, 0.5) is 5.69 Å². The van der Waals surface area contributed by atoms with Gasteiger partial charge in [0.15, 0.2) is 5.75 Å². The molecule has 0 radical (unpaired) electrons. The first-order valence-corrected chi connectivity index (χ1v) is 3.69. The third-order valence-electron chi connectivity index (χ3n) is 1.20. The molecule has 0 aliphatic carbocycles. The molecular formula is C7H6BrNO2. The molecule has 0 heterocycles. The lowest BCUT2D eigenvalue weighted by molar-refractivity contribution is 0.473. The lowest BCUT2D eigenvalue weighted by Gasteiger charge is -1.86. The lowest BCUT2D eigenvalue weighted by atomic mass is 10.4. The van der Waals surface area contributed by atoms with Gasteiger partial charge in [0.05, 0.1) is 5.69 Å². The third-order valence-corrected chi connectivity index (χ3v) is 1.69. The summed E-state index contributed by atoms with van der Waals surface area (Å²) in [4.78, 5) is 10.9. The highest BCUT2D eigenvalue weighted by Gasteiger charge is 1.98. The van der Waals surface area contributed by atoms with Crippen LogP contribution in [0.5, 0.6) is 5.75 Å². The summed E-state index contributed by atoms with van der Waals surface area (Å²) in [6.07, 6.45) is 0. The van der Waals surface area contributed by atoms with Gasteiger partial charge in [0, 0.05) is 10.5 Å². The van der Waals surface area contributed by atoms with E-state index in [1.807, 2.05) is 0 Å². The van der Waals surface area contributed by atoms with Gasteiger partial charge in [-0.15, -0.1) is 0 Å². The van der Waals surface area contributed by atoms with Crippen LogP contribution in [-0.2, 0) is 0 Å². The largest absolute Gasteiger partial charge is 0.503 e. The lowest BCUT2D eigenvalue weighted by Crippen LogP contribution is -1.96. The molecule has 1 aromatic rings. The summed E-state index contributed by atoms with van der Waals surface area (Å²) in [5, 5.41) is 9.03. The average molecular weight is 216 g/mol. The first kappa shape index (κ1) is 8.07. The van der Waals surface area contributed by atoms with Crippen LogP contribution in [0.25, 0.3) is 0 Å². The Kier molecular flexibility index (Phi) is 2.14. The molecule has 0 atom stereocenters. The summed E-state index contributed by atoms with van der Waals surface area (Å²) < 4.78 is 0.592. The molecule has 0 aliphatic heterocycles. The molecule has 3 nitrogen and oxygen atoms in total. The number of rotatable bonds is 0. The highest BCUT2D eigenvalue weighted by Crippen LogP contribution is 2.14. The van der Waals surface area contributed by atoms with Gasteiger partial charge in [-0.1, -0.05) is 15.9 Å². The minimum Gasteiger partial charge on any atom is -0.503 e. The van der Waals surface area contributed by atoms with Crippen molar-refractivity contribution in [3.63, 3.8) is 0 Å². The number of hydrogen-bond acceptors (Lipinski definition) is 3. The van der Waals surface area contributed by atoms with Gasteiger partial charge in [0.25, 0.3) is 0 Å². The van der Waals surface area contributed by atoms with Crippen molar-refractivity contribution in [1.82, 2.24) is 0 Å². The Morgan fingerprint density at radius 2 is 2.09 bits per heavy atom. The van der Waals surface area contributed by atoms with Crippen LogP contribution in [0.15, 0.2) is 27.5 Å². The Bertz CT molecular complexity index is 338. The van der Waals surface area contributed by atoms with E-state index in [1.165, 1.54) is 12.1 Å². The van der Waals surface area contributed by atoms with Crippen LogP contribution in [0.1, 0.15) is 0 Å². The molecule has 1 aromatic carbocycles. The smallest absolute Gasteiger partial charge is 0.223 e. The second kappa shape index (κ2) is 2.92. The van der Waals surface area contributed by atoms with Gasteiger partial charge in [-0.05, 0) is 12.1 Å². The van der Waals surface area contributed by atoms with Crippen molar-refractivity contribution in [3.05, 3.63) is 32.9 Å². The zero-order valence-corrected chi connectivity index (χ0v) is 7.13. The first-order valence-electron chi connectivity index (χ1n) is 2.89. The molecule has 0 unspecified atom stereocenters. The quantitative estimate of drug-likeness (QED) is 0.682. The van der Waals surface area contributed by atoms with Gasteiger partial charge in [-0.3, -0.25) is 4.79 Å². The fourth-order valence-corrected chi connectivity index (χ4v) is 0.972. The van der Waals surface area contributed by atoms with Crippen molar-refractivity contribution >= 4 is 21.6 Å². The van der Waals surface area contributed by atoms with Gasteiger partial charge in [0.1, 0.15) is 0 Å². The van der Waals surface area contributed by atoms with E-state index >= 15 is 0 Å². The van der Waals surface area contributed by atoms with E-state index in [4.69, 9.17) is 10.8 Å². The minimum absolute atomic E-state index is 0.0840. The van der Waals surface area contributed by atoms with Crippen LogP contribution in [0, 0.1) is 0 Å². The second-order valence-electron chi connectivity index (χ2n) is 2.03. The van der Waals surface area contributed by atoms with E-state index < -0.39 is 11.2 Å². The Morgan fingerprint density at radius 3 is 2.73 bits per heavy atom. The summed E-state index contributed by atoms with van der Waals surface area (Å²) in [5.41, 5.74) is 4.90. The van der Waals surface area contributed by atoms with Crippen molar-refractivity contribution < 1.29 is 5.11 Å². The SMILES string of the molecule is Nc1ccc(Br)cc(=O)c1O. The van der Waals surface area contributed by atoms with Crippen LogP contribution >= 0.6 is 15.9 Å². The van der Waals surface area contributed by atoms with Crippen molar-refractivity contribution in [2.75, 3.05) is 5.73 Å². The molecular weight excluding hydrogens is 210 g/mol. The first-order chi connectivity index (χ1) is 5.11. The molecule has 3 N–H and O–H groups in total. The molecule has 0 aromatic heterocycles. The standard InChI is InChI=1S/C7H6BrNO2/c8-4-1-2-5(9)7(11)6(10)3-4/h1-3H,(H3,9,10,11). The number of nitrogens with two attached hydrogens (primary N) is 1. The number of anilines is 1. The third kappa shape index (κ3) is 1.71. The molecule has 0 saturated heterocycles. The highest BCUT2D eigenvalue weighted by molar-refractivity contribution is 9.10. The van der Waals surface area contributed by atoms with Crippen molar-refractivity contribution in [1.29, 1.82) is 0 Å². The van der Waals surface area contributed by atoms with Gasteiger partial charge >= 0.3 is 0 Å². The molecule has 0 spiro atoms. The van der Waals surface area contributed by atoms with E-state index in [0.717, 1.165) is 0 Å². The number of hydrogen-bond donors (Lipinski definition) is 2. The zero-order chi connectivity index (χ0) is 8.43. The molecule has 0 saturated carbocycles. The summed E-state index contributed by atoms with van der Waals surface area (Å²) in [7, 11) is 0. The average Bonchev–Trinajstić information content (AvgIpc) is 2.05. The number of aromatic hydroxyl groups is 1. The fraction of sp³-hybridized carbons (Fsp3) is 0. The Morgan fingerprint density at radius 1 is 1.45 bits per heavy atom. The minimum atomic E-state index is -0.487. The van der Waals surface area contributed by atoms with E-state index in [9.17, 15) is 4.79 Å². The van der Waals surface area contributed by atoms with Gasteiger partial charge in [0.2, 0.25) is 5.43 Å². The van der Waals surface area contributed by atoms with Crippen molar-refractivity contribution in [2.24, 2.45) is 0 Å². The molecule has 11 heavy (non-hydrogen) atoms. The van der Waals surface area contributed by atoms with Gasteiger partial charge in [-0.2, -0.15) is 0 Å². The maximum atomic E-state index is 10.9. The predicted molar refractivity (Wildman–Crippen MR) is 46.5 cm³/mol. The summed E-state index contributed by atoms with van der Waals surface area (Å²) >= 11 is 3.09. The molecule has 1 rings (SSSR count). The van der Waals surface area contributed by atoms with E-state index in [0.29, 0.717) is 4.47 Å². The maximum Gasteiger partial charge on any atom is 0.223 e. The number of nitrogen functional groups attached to an aromatic ring is 1. The second-order valence-corrected chi connectivity index (χ2v) is 2.95.